The standard InChI is InChI=1S/C16H18N4O3S/c1-2-3-4-9-15-18-19-16(24-15)17-14(21)11-10-12-7-5-6-8-13(12)20(22)23/h5-8,10-11H,2-4,9H2,1H3,(H,17,19,21)/b11-10+. The summed E-state index contributed by atoms with van der Waals surface area (Å²) < 4.78 is 0. The molecular weight excluding hydrogens is 328 g/mol. The van der Waals surface area contributed by atoms with Gasteiger partial charge in [-0.1, -0.05) is 43.2 Å². The summed E-state index contributed by atoms with van der Waals surface area (Å²) >= 11 is 1.35. The van der Waals surface area contributed by atoms with E-state index in [9.17, 15) is 14.9 Å². The fraction of sp³-hybridized carbons (Fsp3) is 0.312. The molecule has 1 aromatic carbocycles. The van der Waals surface area contributed by atoms with E-state index in [-0.39, 0.29) is 5.69 Å². The van der Waals surface area contributed by atoms with Crippen molar-refractivity contribution in [2.24, 2.45) is 0 Å². The van der Waals surface area contributed by atoms with Crippen LogP contribution in [0.25, 0.3) is 6.08 Å². The minimum atomic E-state index is -0.481. The van der Waals surface area contributed by atoms with Gasteiger partial charge in [-0.05, 0) is 18.6 Å². The minimum absolute atomic E-state index is 0.0457. The molecule has 126 valence electrons. The van der Waals surface area contributed by atoms with E-state index >= 15 is 0 Å². The number of nitrogens with zero attached hydrogens (tertiary/aromatic N) is 3. The van der Waals surface area contributed by atoms with Crippen molar-refractivity contribution in [2.45, 2.75) is 32.6 Å². The van der Waals surface area contributed by atoms with Crippen LogP contribution in [0, 0.1) is 10.1 Å². The van der Waals surface area contributed by atoms with Gasteiger partial charge in [0.2, 0.25) is 11.0 Å². The molecule has 0 atom stereocenters. The highest BCUT2D eigenvalue weighted by Gasteiger charge is 2.10. The highest BCUT2D eigenvalue weighted by molar-refractivity contribution is 7.15. The SMILES string of the molecule is CCCCCc1nnc(NC(=O)/C=C/c2ccccc2[N+](=O)[O-])s1. The van der Waals surface area contributed by atoms with Crippen LogP contribution in [-0.4, -0.2) is 21.0 Å². The summed E-state index contributed by atoms with van der Waals surface area (Å²) in [6.45, 7) is 2.13. The smallest absolute Gasteiger partial charge is 0.276 e. The molecule has 1 amide bonds. The summed E-state index contributed by atoms with van der Waals surface area (Å²) in [4.78, 5) is 22.3. The van der Waals surface area contributed by atoms with Gasteiger partial charge in [-0.25, -0.2) is 0 Å². The van der Waals surface area contributed by atoms with E-state index in [0.29, 0.717) is 10.7 Å². The number of hydrogen-bond donors (Lipinski definition) is 1. The summed E-state index contributed by atoms with van der Waals surface area (Å²) in [7, 11) is 0. The highest BCUT2D eigenvalue weighted by atomic mass is 32.1. The predicted octanol–water partition coefficient (Wildman–Crippen LogP) is 3.83. The molecule has 24 heavy (non-hydrogen) atoms. The third kappa shape index (κ3) is 5.24. The lowest BCUT2D eigenvalue weighted by Crippen LogP contribution is -2.07. The van der Waals surface area contributed by atoms with Gasteiger partial charge in [-0.2, -0.15) is 0 Å². The number of aryl methyl sites for hydroxylation is 1. The molecule has 0 radical (unpaired) electrons. The Labute approximate surface area is 143 Å². The third-order valence-electron chi connectivity index (χ3n) is 3.24. The lowest BCUT2D eigenvalue weighted by molar-refractivity contribution is -0.385. The number of nitro groups is 1. The molecule has 2 aromatic rings. The van der Waals surface area contributed by atoms with Gasteiger partial charge in [-0.3, -0.25) is 20.2 Å². The van der Waals surface area contributed by atoms with Crippen LogP contribution in [0.1, 0.15) is 36.8 Å². The molecule has 7 nitrogen and oxygen atoms in total. The molecule has 0 unspecified atom stereocenters. The first-order valence-electron chi connectivity index (χ1n) is 7.65. The monoisotopic (exact) mass is 346 g/mol. The number of amides is 1. The number of nitro benzene ring substituents is 1. The molecule has 0 aliphatic rings. The van der Waals surface area contributed by atoms with E-state index in [4.69, 9.17) is 0 Å². The van der Waals surface area contributed by atoms with Gasteiger partial charge >= 0.3 is 0 Å². The number of aromatic nitrogens is 2. The topological polar surface area (TPSA) is 98.0 Å². The number of unbranched alkanes of at least 4 members (excludes halogenated alkanes) is 2. The molecule has 1 N–H and O–H groups in total. The molecule has 1 aromatic heterocycles. The third-order valence-corrected chi connectivity index (χ3v) is 4.14. The van der Waals surface area contributed by atoms with Crippen molar-refractivity contribution < 1.29 is 9.72 Å². The fourth-order valence-electron chi connectivity index (χ4n) is 2.04. The Balaban J connectivity index is 1.95. The van der Waals surface area contributed by atoms with Crippen molar-refractivity contribution >= 4 is 34.1 Å². The maximum absolute atomic E-state index is 11.9. The first-order valence-corrected chi connectivity index (χ1v) is 8.46. The summed E-state index contributed by atoms with van der Waals surface area (Å²) in [6.07, 6.45) is 6.85. The van der Waals surface area contributed by atoms with Gasteiger partial charge in [0.25, 0.3) is 5.69 Å². The summed E-state index contributed by atoms with van der Waals surface area (Å²) in [5, 5.41) is 22.8. The van der Waals surface area contributed by atoms with Crippen molar-refractivity contribution in [3.63, 3.8) is 0 Å². The van der Waals surface area contributed by atoms with Crippen LogP contribution < -0.4 is 5.32 Å². The molecule has 0 aliphatic heterocycles. The summed E-state index contributed by atoms with van der Waals surface area (Å²) in [6, 6.07) is 6.23. The van der Waals surface area contributed by atoms with E-state index in [2.05, 4.69) is 22.4 Å². The van der Waals surface area contributed by atoms with Crippen LogP contribution >= 0.6 is 11.3 Å². The Bertz CT molecular complexity index is 742. The number of carbonyl (C=O) groups is 1. The maximum atomic E-state index is 11.9. The predicted molar refractivity (Wildman–Crippen MR) is 93.9 cm³/mol. The van der Waals surface area contributed by atoms with Crippen LogP contribution in [0.4, 0.5) is 10.8 Å². The fourth-order valence-corrected chi connectivity index (χ4v) is 2.82. The Kier molecular flexibility index (Phi) is 6.56. The zero-order valence-electron chi connectivity index (χ0n) is 13.3. The van der Waals surface area contributed by atoms with Crippen LogP contribution in [0.5, 0.6) is 0 Å². The molecule has 0 saturated carbocycles. The number of anilines is 1. The molecule has 2 rings (SSSR count). The lowest BCUT2D eigenvalue weighted by Gasteiger charge is -1.97. The largest absolute Gasteiger partial charge is 0.297 e. The normalized spacial score (nSPS) is 10.9. The molecule has 8 heteroatoms. The molecule has 0 bridgehead atoms. The second-order valence-electron chi connectivity index (χ2n) is 5.10. The van der Waals surface area contributed by atoms with E-state index in [1.165, 1.54) is 29.6 Å². The molecule has 1 heterocycles. The van der Waals surface area contributed by atoms with Crippen LogP contribution in [0.2, 0.25) is 0 Å². The Morgan fingerprint density at radius 1 is 1.33 bits per heavy atom. The highest BCUT2D eigenvalue weighted by Crippen LogP contribution is 2.20. The van der Waals surface area contributed by atoms with Gasteiger partial charge in [0, 0.05) is 18.6 Å². The molecule has 0 spiro atoms. The number of benzene rings is 1. The van der Waals surface area contributed by atoms with Gasteiger partial charge in [-0.15, -0.1) is 10.2 Å². The first-order chi connectivity index (χ1) is 11.6. The average molecular weight is 346 g/mol. The lowest BCUT2D eigenvalue weighted by atomic mass is 10.1. The quantitative estimate of drug-likeness (QED) is 0.339. The number of hydrogen-bond acceptors (Lipinski definition) is 6. The van der Waals surface area contributed by atoms with Gasteiger partial charge < -0.3 is 0 Å². The van der Waals surface area contributed by atoms with Crippen LogP contribution in [-0.2, 0) is 11.2 Å². The number of para-hydroxylation sites is 1. The van der Waals surface area contributed by atoms with E-state index in [1.807, 2.05) is 0 Å². The van der Waals surface area contributed by atoms with Gasteiger partial charge in [0.05, 0.1) is 10.5 Å². The van der Waals surface area contributed by atoms with E-state index in [0.717, 1.165) is 30.7 Å². The minimum Gasteiger partial charge on any atom is -0.297 e. The Morgan fingerprint density at radius 3 is 2.88 bits per heavy atom. The summed E-state index contributed by atoms with van der Waals surface area (Å²) in [5.41, 5.74) is 0.325. The van der Waals surface area contributed by atoms with Crippen molar-refractivity contribution in [1.29, 1.82) is 0 Å². The number of carbonyl (C=O) groups excluding carboxylic acids is 1. The van der Waals surface area contributed by atoms with Crippen LogP contribution in [0.3, 0.4) is 0 Å². The zero-order valence-corrected chi connectivity index (χ0v) is 14.1. The zero-order chi connectivity index (χ0) is 17.4. The number of rotatable bonds is 8. The maximum Gasteiger partial charge on any atom is 0.276 e. The van der Waals surface area contributed by atoms with Crippen molar-refractivity contribution in [3.05, 3.63) is 51.0 Å². The molecular formula is C16H18N4O3S. The van der Waals surface area contributed by atoms with E-state index < -0.39 is 10.8 Å². The Morgan fingerprint density at radius 2 is 2.12 bits per heavy atom. The number of nitrogens with one attached hydrogen (secondary N) is 1. The Hall–Kier alpha value is -2.61. The second-order valence-corrected chi connectivity index (χ2v) is 6.16. The van der Waals surface area contributed by atoms with Crippen molar-refractivity contribution in [1.82, 2.24) is 10.2 Å². The van der Waals surface area contributed by atoms with Crippen LogP contribution in [0.15, 0.2) is 30.3 Å². The van der Waals surface area contributed by atoms with Gasteiger partial charge in [0.15, 0.2) is 0 Å². The summed E-state index contributed by atoms with van der Waals surface area (Å²) in [5.74, 6) is -0.399. The molecule has 0 fully saturated rings. The van der Waals surface area contributed by atoms with Gasteiger partial charge in [0.1, 0.15) is 5.01 Å². The molecule has 0 saturated heterocycles. The van der Waals surface area contributed by atoms with Crippen molar-refractivity contribution in [2.75, 3.05) is 5.32 Å². The second kappa shape index (κ2) is 8.88. The molecule has 0 aliphatic carbocycles. The van der Waals surface area contributed by atoms with Crippen molar-refractivity contribution in [3.8, 4) is 0 Å². The average Bonchev–Trinajstić information content (AvgIpc) is 3.00. The van der Waals surface area contributed by atoms with E-state index in [1.54, 1.807) is 18.2 Å². The first kappa shape index (κ1) is 17.7.